The molecule has 1 saturated heterocycles. The summed E-state index contributed by atoms with van der Waals surface area (Å²) in [5.74, 6) is -0.378. The van der Waals surface area contributed by atoms with Crippen molar-refractivity contribution in [3.63, 3.8) is 0 Å². The third kappa shape index (κ3) is 2.05. The number of carboxylic acids is 1. The molecular weight excluding hydrogens is 230 g/mol. The standard InChI is InChI=1S/C13H19N3O2/c1-4-10-6-5-7-16(10)12-11(13(17)18)8(2)9(3)14-15-12/h10H,4-7H2,1-3H3,(H,17,18). The van der Waals surface area contributed by atoms with Gasteiger partial charge in [0.25, 0.3) is 0 Å². The molecule has 0 bridgehead atoms. The van der Waals surface area contributed by atoms with Crippen LogP contribution in [0.1, 0.15) is 47.8 Å². The van der Waals surface area contributed by atoms with Crippen molar-refractivity contribution in [2.75, 3.05) is 11.4 Å². The van der Waals surface area contributed by atoms with Gasteiger partial charge in [0.1, 0.15) is 5.56 Å². The fraction of sp³-hybridized carbons (Fsp3) is 0.615. The van der Waals surface area contributed by atoms with Gasteiger partial charge in [-0.2, -0.15) is 5.10 Å². The van der Waals surface area contributed by atoms with E-state index in [9.17, 15) is 9.90 Å². The van der Waals surface area contributed by atoms with E-state index in [4.69, 9.17) is 0 Å². The maximum Gasteiger partial charge on any atom is 0.339 e. The molecule has 2 rings (SSSR count). The molecule has 18 heavy (non-hydrogen) atoms. The maximum absolute atomic E-state index is 11.5. The monoisotopic (exact) mass is 249 g/mol. The smallest absolute Gasteiger partial charge is 0.339 e. The topological polar surface area (TPSA) is 66.3 Å². The molecule has 0 radical (unpaired) electrons. The highest BCUT2D eigenvalue weighted by Gasteiger charge is 2.29. The number of hydrogen-bond donors (Lipinski definition) is 1. The van der Waals surface area contributed by atoms with Crippen molar-refractivity contribution in [1.82, 2.24) is 10.2 Å². The Bertz CT molecular complexity index is 474. The highest BCUT2D eigenvalue weighted by atomic mass is 16.4. The van der Waals surface area contributed by atoms with E-state index < -0.39 is 5.97 Å². The van der Waals surface area contributed by atoms with Crippen LogP contribution in [-0.4, -0.2) is 33.9 Å². The first-order valence-electron chi connectivity index (χ1n) is 6.40. The molecule has 1 N–H and O–H groups in total. The minimum atomic E-state index is -0.915. The van der Waals surface area contributed by atoms with Crippen molar-refractivity contribution >= 4 is 11.8 Å². The second kappa shape index (κ2) is 4.92. The molecule has 1 atom stereocenters. The average molecular weight is 249 g/mol. The first-order valence-corrected chi connectivity index (χ1v) is 6.40. The van der Waals surface area contributed by atoms with Crippen LogP contribution in [0.3, 0.4) is 0 Å². The highest BCUT2D eigenvalue weighted by Crippen LogP contribution is 2.30. The third-order valence-electron chi connectivity index (χ3n) is 3.77. The highest BCUT2D eigenvalue weighted by molar-refractivity contribution is 5.95. The van der Waals surface area contributed by atoms with Crippen molar-refractivity contribution in [3.05, 3.63) is 16.8 Å². The second-order valence-electron chi connectivity index (χ2n) is 4.81. The number of aromatic nitrogens is 2. The van der Waals surface area contributed by atoms with Gasteiger partial charge >= 0.3 is 5.97 Å². The van der Waals surface area contributed by atoms with Crippen LogP contribution in [-0.2, 0) is 0 Å². The number of carbonyl (C=O) groups is 1. The molecule has 1 aromatic heterocycles. The molecule has 1 fully saturated rings. The zero-order chi connectivity index (χ0) is 13.3. The Balaban J connectivity index is 2.50. The quantitative estimate of drug-likeness (QED) is 0.889. The van der Waals surface area contributed by atoms with Gasteiger partial charge in [0, 0.05) is 12.6 Å². The van der Waals surface area contributed by atoms with Gasteiger partial charge in [0.2, 0.25) is 0 Å². The van der Waals surface area contributed by atoms with Crippen LogP contribution in [0.15, 0.2) is 0 Å². The van der Waals surface area contributed by atoms with Crippen LogP contribution < -0.4 is 4.90 Å². The van der Waals surface area contributed by atoms with Crippen LogP contribution in [0, 0.1) is 13.8 Å². The largest absolute Gasteiger partial charge is 0.478 e. The Hall–Kier alpha value is -1.65. The normalized spacial score (nSPS) is 19.3. The fourth-order valence-corrected chi connectivity index (χ4v) is 2.59. The summed E-state index contributed by atoms with van der Waals surface area (Å²) in [7, 11) is 0. The Morgan fingerprint density at radius 2 is 2.17 bits per heavy atom. The number of aryl methyl sites for hydroxylation is 1. The first-order chi connectivity index (χ1) is 8.56. The lowest BCUT2D eigenvalue weighted by Crippen LogP contribution is -2.31. The molecular formula is C13H19N3O2. The lowest BCUT2D eigenvalue weighted by Gasteiger charge is -2.26. The Morgan fingerprint density at radius 3 is 2.78 bits per heavy atom. The van der Waals surface area contributed by atoms with Gasteiger partial charge in [0.15, 0.2) is 5.82 Å². The van der Waals surface area contributed by atoms with Gasteiger partial charge in [-0.05, 0) is 38.7 Å². The van der Waals surface area contributed by atoms with Crippen LogP contribution in [0.5, 0.6) is 0 Å². The first kappa shape index (κ1) is 12.8. The van der Waals surface area contributed by atoms with Crippen LogP contribution in [0.25, 0.3) is 0 Å². The number of nitrogens with zero attached hydrogens (tertiary/aromatic N) is 3. The molecule has 98 valence electrons. The van der Waals surface area contributed by atoms with Crippen LogP contribution >= 0.6 is 0 Å². The van der Waals surface area contributed by atoms with Gasteiger partial charge in [-0.25, -0.2) is 4.79 Å². The van der Waals surface area contributed by atoms with E-state index in [1.165, 1.54) is 0 Å². The third-order valence-corrected chi connectivity index (χ3v) is 3.77. The Morgan fingerprint density at radius 1 is 1.44 bits per heavy atom. The van der Waals surface area contributed by atoms with Gasteiger partial charge in [-0.15, -0.1) is 5.10 Å². The molecule has 0 aromatic carbocycles. The minimum Gasteiger partial charge on any atom is -0.478 e. The summed E-state index contributed by atoms with van der Waals surface area (Å²) >= 11 is 0. The lowest BCUT2D eigenvalue weighted by atomic mass is 10.1. The average Bonchev–Trinajstić information content (AvgIpc) is 2.79. The van der Waals surface area contributed by atoms with E-state index in [1.807, 2.05) is 0 Å². The predicted octanol–water partition coefficient (Wildman–Crippen LogP) is 2.17. The number of rotatable bonds is 3. The van der Waals surface area contributed by atoms with E-state index in [0.717, 1.165) is 25.8 Å². The minimum absolute atomic E-state index is 0.308. The molecule has 1 unspecified atom stereocenters. The van der Waals surface area contributed by atoms with Crippen molar-refractivity contribution in [2.45, 2.75) is 46.1 Å². The van der Waals surface area contributed by atoms with E-state index in [-0.39, 0.29) is 0 Å². The number of anilines is 1. The summed E-state index contributed by atoms with van der Waals surface area (Å²) in [6.07, 6.45) is 3.20. The van der Waals surface area contributed by atoms with E-state index in [2.05, 4.69) is 22.0 Å². The second-order valence-corrected chi connectivity index (χ2v) is 4.81. The summed E-state index contributed by atoms with van der Waals surface area (Å²) in [5.41, 5.74) is 1.71. The summed E-state index contributed by atoms with van der Waals surface area (Å²) < 4.78 is 0. The van der Waals surface area contributed by atoms with Gasteiger partial charge in [-0.3, -0.25) is 0 Å². The molecule has 1 aliphatic rings. The summed E-state index contributed by atoms with van der Waals surface area (Å²) in [6, 6.07) is 0.388. The molecule has 0 amide bonds. The maximum atomic E-state index is 11.5. The molecule has 0 saturated carbocycles. The van der Waals surface area contributed by atoms with Gasteiger partial charge in [0.05, 0.1) is 5.69 Å². The van der Waals surface area contributed by atoms with Gasteiger partial charge in [-0.1, -0.05) is 6.92 Å². The lowest BCUT2D eigenvalue weighted by molar-refractivity contribution is 0.0696. The number of carboxylic acid groups (broad SMARTS) is 1. The predicted molar refractivity (Wildman–Crippen MR) is 69.1 cm³/mol. The van der Waals surface area contributed by atoms with E-state index in [1.54, 1.807) is 13.8 Å². The summed E-state index contributed by atoms with van der Waals surface area (Å²) in [5, 5.41) is 17.6. The van der Waals surface area contributed by atoms with Crippen LogP contribution in [0.4, 0.5) is 5.82 Å². The molecule has 1 aromatic rings. The molecule has 1 aliphatic heterocycles. The van der Waals surface area contributed by atoms with Crippen molar-refractivity contribution < 1.29 is 9.90 Å². The summed E-state index contributed by atoms with van der Waals surface area (Å²) in [4.78, 5) is 13.6. The van der Waals surface area contributed by atoms with Crippen LogP contribution in [0.2, 0.25) is 0 Å². The molecule has 0 aliphatic carbocycles. The fourth-order valence-electron chi connectivity index (χ4n) is 2.59. The van der Waals surface area contributed by atoms with E-state index in [0.29, 0.717) is 28.7 Å². The zero-order valence-electron chi connectivity index (χ0n) is 11.1. The number of hydrogen-bond acceptors (Lipinski definition) is 4. The van der Waals surface area contributed by atoms with Crippen molar-refractivity contribution in [2.24, 2.45) is 0 Å². The zero-order valence-corrected chi connectivity index (χ0v) is 11.1. The molecule has 2 heterocycles. The van der Waals surface area contributed by atoms with Crippen molar-refractivity contribution in [1.29, 1.82) is 0 Å². The molecule has 0 spiro atoms. The summed E-state index contributed by atoms with van der Waals surface area (Å²) in [6.45, 7) is 6.59. The van der Waals surface area contributed by atoms with Crippen molar-refractivity contribution in [3.8, 4) is 0 Å². The molecule has 5 heteroatoms. The van der Waals surface area contributed by atoms with Gasteiger partial charge < -0.3 is 10.0 Å². The molecule has 5 nitrogen and oxygen atoms in total. The number of aromatic carboxylic acids is 1. The Labute approximate surface area is 107 Å². The van der Waals surface area contributed by atoms with E-state index >= 15 is 0 Å². The SMILES string of the molecule is CCC1CCCN1c1nnc(C)c(C)c1C(=O)O. The Kier molecular flexibility index (Phi) is 3.50.